The zero-order chi connectivity index (χ0) is 37.0. The van der Waals surface area contributed by atoms with E-state index >= 15 is 0 Å². The Kier molecular flexibility index (Phi) is 13.6. The van der Waals surface area contributed by atoms with Crippen molar-refractivity contribution in [3.05, 3.63) is 170 Å². The zero-order valence-electron chi connectivity index (χ0n) is 30.3. The van der Waals surface area contributed by atoms with Gasteiger partial charge in [-0.1, -0.05) is 23.8 Å². The third-order valence-electron chi connectivity index (χ3n) is 7.80. The fourth-order valence-electron chi connectivity index (χ4n) is 4.92. The van der Waals surface area contributed by atoms with E-state index < -0.39 is 0 Å². The summed E-state index contributed by atoms with van der Waals surface area (Å²) in [5.41, 5.74) is 5.95. The zero-order valence-corrected chi connectivity index (χ0v) is 32.7. The number of pyridine rings is 1. The number of benzene rings is 4. The fraction of sp³-hybridized carbons (Fsp3) is 0.119. The molecule has 8 aromatic rings. The molecule has 275 valence electrons. The van der Waals surface area contributed by atoms with E-state index in [0.717, 1.165) is 45.7 Å². The Balaban J connectivity index is 0.000000160. The maximum atomic E-state index is 5.16. The van der Waals surface area contributed by atoms with E-state index in [4.69, 9.17) is 14.2 Å². The molecule has 0 amide bonds. The maximum Gasteiger partial charge on any atom is 0.267 e. The first-order chi connectivity index (χ1) is 25.9. The van der Waals surface area contributed by atoms with Crippen LogP contribution in [0, 0.1) is 38.6 Å². The third-order valence-corrected chi connectivity index (χ3v) is 7.80. The number of ether oxygens (including phenoxy) is 3. The molecule has 0 saturated heterocycles. The van der Waals surface area contributed by atoms with Crippen LogP contribution in [0.15, 0.2) is 134 Å². The topological polar surface area (TPSA) is 98.1 Å². The molecular weight excluding hydrogens is 857 g/mol. The van der Waals surface area contributed by atoms with Crippen molar-refractivity contribution in [1.82, 2.24) is 29.3 Å². The number of hydrogen-bond donors (Lipinski definition) is 0. The molecule has 11 nitrogen and oxygen atoms in total. The molecule has 12 heteroatoms. The molecular formula is C42H37IrN8O3-3. The Morgan fingerprint density at radius 1 is 0.630 bits per heavy atom. The molecule has 0 saturated carbocycles. The van der Waals surface area contributed by atoms with Crippen LogP contribution in [0.3, 0.4) is 0 Å². The van der Waals surface area contributed by atoms with Gasteiger partial charge in [-0.25, -0.2) is 0 Å². The summed E-state index contributed by atoms with van der Waals surface area (Å²) in [6.45, 7) is 3.88. The van der Waals surface area contributed by atoms with E-state index in [1.807, 2.05) is 116 Å². The number of hydrogen-bond acceptors (Lipinski definition) is 6. The molecule has 4 heterocycles. The van der Waals surface area contributed by atoms with Gasteiger partial charge in [-0.3, -0.25) is 19.2 Å². The average molecular weight is 894 g/mol. The predicted molar refractivity (Wildman–Crippen MR) is 198 cm³/mol. The Morgan fingerprint density at radius 2 is 1.15 bits per heavy atom. The second-order valence-electron chi connectivity index (χ2n) is 11.4. The van der Waals surface area contributed by atoms with Crippen molar-refractivity contribution in [2.45, 2.75) is 13.8 Å². The van der Waals surface area contributed by atoms with E-state index in [2.05, 4.69) is 76.1 Å². The van der Waals surface area contributed by atoms with Crippen LogP contribution in [-0.2, 0) is 20.1 Å². The minimum atomic E-state index is 0. The Hall–Kier alpha value is -6.36. The SMILES string of the molecule is COc1c[c-]c(-n2[c-][n+](-c3ccc(C)cc3)cc2)cc1.COc1c[c-]c(-n2[c-][n+](-c3ccc(OC)cc3)cc2)cc1.Cc1n[n-]c(-c2ccccn2)n1.[Ir]. The summed E-state index contributed by atoms with van der Waals surface area (Å²) in [6, 6.07) is 39.4. The summed E-state index contributed by atoms with van der Waals surface area (Å²) in [7, 11) is 4.95. The summed E-state index contributed by atoms with van der Waals surface area (Å²) in [5, 5.41) is 7.65. The summed E-state index contributed by atoms with van der Waals surface area (Å²) >= 11 is 0. The molecule has 0 aliphatic heterocycles. The minimum Gasteiger partial charge on any atom is -0.554 e. The number of nitrogens with zero attached hydrogens (tertiary/aromatic N) is 8. The van der Waals surface area contributed by atoms with E-state index in [0.29, 0.717) is 11.6 Å². The minimum absolute atomic E-state index is 0. The normalized spacial score (nSPS) is 10.2. The van der Waals surface area contributed by atoms with Crippen LogP contribution in [0.25, 0.3) is 34.3 Å². The van der Waals surface area contributed by atoms with Gasteiger partial charge in [0.05, 0.1) is 38.4 Å². The number of rotatable bonds is 8. The van der Waals surface area contributed by atoms with Gasteiger partial charge in [-0.2, -0.15) is 24.3 Å². The van der Waals surface area contributed by atoms with Gasteiger partial charge in [0.2, 0.25) is 0 Å². The molecule has 0 bridgehead atoms. The van der Waals surface area contributed by atoms with Crippen LogP contribution in [0.4, 0.5) is 0 Å². The van der Waals surface area contributed by atoms with Gasteiger partial charge in [0.25, 0.3) is 12.7 Å². The second-order valence-corrected chi connectivity index (χ2v) is 11.4. The summed E-state index contributed by atoms with van der Waals surface area (Å²) in [4.78, 5) is 8.19. The molecule has 0 unspecified atom stereocenters. The fourth-order valence-corrected chi connectivity index (χ4v) is 4.92. The summed E-state index contributed by atoms with van der Waals surface area (Å²) in [6.07, 6.45) is 16.0. The molecule has 0 fully saturated rings. The van der Waals surface area contributed by atoms with E-state index in [9.17, 15) is 0 Å². The molecule has 8 rings (SSSR count). The molecule has 1 radical (unpaired) electrons. The van der Waals surface area contributed by atoms with Crippen molar-refractivity contribution in [3.63, 3.8) is 0 Å². The van der Waals surface area contributed by atoms with Crippen molar-refractivity contribution < 1.29 is 43.5 Å². The van der Waals surface area contributed by atoms with Crippen molar-refractivity contribution in [2.24, 2.45) is 0 Å². The number of aromatic nitrogens is 8. The quantitative estimate of drug-likeness (QED) is 0.140. The van der Waals surface area contributed by atoms with Crippen molar-refractivity contribution in [3.8, 4) is 51.5 Å². The smallest absolute Gasteiger partial charge is 0.267 e. The first-order valence-corrected chi connectivity index (χ1v) is 16.6. The van der Waals surface area contributed by atoms with Crippen LogP contribution >= 0.6 is 0 Å². The van der Waals surface area contributed by atoms with E-state index in [1.165, 1.54) is 5.56 Å². The standard InChI is InChI=1S/C17H15N2O2.C17H15N2O.C8H7N4.Ir/c1-20-16-7-3-14(4-8-16)18-11-12-19(13-18)15-5-9-17(21-2)10-6-15;1-14-3-5-15(6-4-14)18-11-12-19(13-18)16-7-9-17(20-2)10-8-16;1-6-10-8(12-11-6)7-4-2-3-5-9-7;/h3-5,7-12H,1-2H3;3-7,9-12H,1-2H3;2-5H,1H3;/q3*-1;. The van der Waals surface area contributed by atoms with Gasteiger partial charge in [0.1, 0.15) is 5.75 Å². The van der Waals surface area contributed by atoms with Crippen molar-refractivity contribution in [1.29, 1.82) is 0 Å². The summed E-state index contributed by atoms with van der Waals surface area (Å²) < 4.78 is 23.1. The molecule has 0 atom stereocenters. The molecule has 4 aromatic carbocycles. The molecule has 0 spiro atoms. The Bertz CT molecular complexity index is 2240. The van der Waals surface area contributed by atoms with Crippen molar-refractivity contribution >= 4 is 0 Å². The monoisotopic (exact) mass is 894 g/mol. The number of aryl methyl sites for hydroxylation is 2. The first-order valence-electron chi connectivity index (χ1n) is 16.6. The maximum absolute atomic E-state index is 5.16. The number of methoxy groups -OCH3 is 3. The van der Waals surface area contributed by atoms with Crippen LogP contribution in [0.5, 0.6) is 17.2 Å². The van der Waals surface area contributed by atoms with Gasteiger partial charge in [0, 0.05) is 68.4 Å². The molecule has 0 aliphatic rings. The van der Waals surface area contributed by atoms with Crippen molar-refractivity contribution in [2.75, 3.05) is 21.3 Å². The van der Waals surface area contributed by atoms with Gasteiger partial charge >= 0.3 is 0 Å². The predicted octanol–water partition coefficient (Wildman–Crippen LogP) is 5.84. The van der Waals surface area contributed by atoms with Crippen LogP contribution in [-0.4, -0.2) is 45.5 Å². The van der Waals surface area contributed by atoms with E-state index in [1.54, 1.807) is 40.5 Å². The molecule has 54 heavy (non-hydrogen) atoms. The number of imidazole rings is 2. The molecule has 0 aliphatic carbocycles. The molecule has 0 N–H and O–H groups in total. The van der Waals surface area contributed by atoms with E-state index in [-0.39, 0.29) is 20.1 Å². The third kappa shape index (κ3) is 10.2. The van der Waals surface area contributed by atoms with Crippen LogP contribution < -0.4 is 28.4 Å². The molecule has 4 aromatic heterocycles. The van der Waals surface area contributed by atoms with Gasteiger partial charge in [0.15, 0.2) is 0 Å². The Labute approximate surface area is 328 Å². The first kappa shape index (κ1) is 38.9. The van der Waals surface area contributed by atoms with Gasteiger partial charge in [-0.05, 0) is 79.6 Å². The average Bonchev–Trinajstić information content (AvgIpc) is 4.02. The summed E-state index contributed by atoms with van der Waals surface area (Å²) in [5.74, 6) is 3.69. The van der Waals surface area contributed by atoms with Crippen LogP contribution in [0.2, 0.25) is 0 Å². The largest absolute Gasteiger partial charge is 0.554 e. The second kappa shape index (κ2) is 18.9. The van der Waals surface area contributed by atoms with Gasteiger partial charge < -0.3 is 33.4 Å². The van der Waals surface area contributed by atoms with Gasteiger partial charge in [-0.15, -0.1) is 24.3 Å². The Morgan fingerprint density at radius 3 is 1.57 bits per heavy atom. The van der Waals surface area contributed by atoms with Crippen LogP contribution in [0.1, 0.15) is 11.4 Å².